The number of rotatable bonds is 6. The summed E-state index contributed by atoms with van der Waals surface area (Å²) in [6.07, 6.45) is 8.46. The number of nitrogens with one attached hydrogen (secondary N) is 1. The van der Waals surface area contributed by atoms with Crippen LogP contribution in [0.5, 0.6) is 0 Å². The van der Waals surface area contributed by atoms with Crippen molar-refractivity contribution in [3.05, 3.63) is 34.9 Å². The Labute approximate surface area is 130 Å². The molecule has 3 atom stereocenters. The lowest BCUT2D eigenvalue weighted by molar-refractivity contribution is 0.156. The highest BCUT2D eigenvalue weighted by atomic mass is 14.9. The maximum atomic E-state index is 3.75. The monoisotopic (exact) mass is 285 g/mol. The molecule has 2 aliphatic carbocycles. The van der Waals surface area contributed by atoms with Gasteiger partial charge in [0, 0.05) is 6.54 Å². The summed E-state index contributed by atoms with van der Waals surface area (Å²) in [5.41, 5.74) is 4.95. The van der Waals surface area contributed by atoms with Gasteiger partial charge in [-0.2, -0.15) is 0 Å². The molecule has 2 fully saturated rings. The molecule has 0 radical (unpaired) electrons. The normalized spacial score (nSPS) is 31.0. The summed E-state index contributed by atoms with van der Waals surface area (Å²) in [6.45, 7) is 9.14. The largest absolute Gasteiger partial charge is 0.316 e. The van der Waals surface area contributed by atoms with Gasteiger partial charge in [0.2, 0.25) is 0 Å². The van der Waals surface area contributed by atoms with Gasteiger partial charge in [-0.15, -0.1) is 0 Å². The molecular weight excluding hydrogens is 254 g/mol. The van der Waals surface area contributed by atoms with E-state index in [4.69, 9.17) is 0 Å². The van der Waals surface area contributed by atoms with Gasteiger partial charge in [0.25, 0.3) is 0 Å². The van der Waals surface area contributed by atoms with Crippen LogP contribution in [0.4, 0.5) is 0 Å². The average Bonchev–Trinajstić information content (AvgIpc) is 2.98. The number of benzene rings is 1. The topological polar surface area (TPSA) is 12.0 Å². The molecule has 3 unspecified atom stereocenters. The third kappa shape index (κ3) is 3.18. The Morgan fingerprint density at radius 1 is 1.14 bits per heavy atom. The first-order valence-corrected chi connectivity index (χ1v) is 8.89. The molecule has 116 valence electrons. The molecule has 1 aromatic carbocycles. The fourth-order valence-corrected chi connectivity index (χ4v) is 5.15. The lowest BCUT2D eigenvalue weighted by atomic mass is 9.69. The van der Waals surface area contributed by atoms with Gasteiger partial charge in [0.15, 0.2) is 0 Å². The molecule has 1 N–H and O–H groups in total. The Morgan fingerprint density at radius 3 is 2.48 bits per heavy atom. The molecule has 0 saturated heterocycles. The molecule has 2 aliphatic rings. The second-order valence-electron chi connectivity index (χ2n) is 7.79. The van der Waals surface area contributed by atoms with Crippen LogP contribution < -0.4 is 5.32 Å². The van der Waals surface area contributed by atoms with Gasteiger partial charge in [-0.1, -0.05) is 42.7 Å². The summed E-state index contributed by atoms with van der Waals surface area (Å²) in [7, 11) is 0. The van der Waals surface area contributed by atoms with E-state index in [0.29, 0.717) is 5.41 Å². The predicted octanol–water partition coefficient (Wildman–Crippen LogP) is 4.65. The van der Waals surface area contributed by atoms with E-state index in [1.807, 2.05) is 0 Å². The Hall–Kier alpha value is -0.820. The van der Waals surface area contributed by atoms with Crippen molar-refractivity contribution in [3.63, 3.8) is 0 Å². The van der Waals surface area contributed by atoms with Gasteiger partial charge >= 0.3 is 0 Å². The molecule has 0 spiro atoms. The third-order valence-corrected chi connectivity index (χ3v) is 5.84. The lowest BCUT2D eigenvalue weighted by Gasteiger charge is -2.38. The zero-order chi connectivity index (χ0) is 14.9. The molecule has 1 heteroatoms. The summed E-state index contributed by atoms with van der Waals surface area (Å²) in [6, 6.07) is 7.13. The smallest absolute Gasteiger partial charge is 0.00138 e. The van der Waals surface area contributed by atoms with Crippen molar-refractivity contribution < 1.29 is 0 Å². The van der Waals surface area contributed by atoms with Gasteiger partial charge < -0.3 is 5.32 Å². The van der Waals surface area contributed by atoms with Gasteiger partial charge in [0.1, 0.15) is 0 Å². The van der Waals surface area contributed by atoms with Gasteiger partial charge in [-0.3, -0.25) is 0 Å². The van der Waals surface area contributed by atoms with E-state index in [9.17, 15) is 0 Å². The summed E-state index contributed by atoms with van der Waals surface area (Å²) < 4.78 is 0. The lowest BCUT2D eigenvalue weighted by Crippen LogP contribution is -2.40. The van der Waals surface area contributed by atoms with Crippen molar-refractivity contribution in [2.75, 3.05) is 13.1 Å². The number of hydrogen-bond donors (Lipinski definition) is 1. The van der Waals surface area contributed by atoms with Crippen molar-refractivity contribution in [1.82, 2.24) is 5.32 Å². The van der Waals surface area contributed by atoms with Crippen molar-refractivity contribution in [2.45, 2.75) is 59.3 Å². The van der Waals surface area contributed by atoms with Crippen LogP contribution >= 0.6 is 0 Å². The standard InChI is InChI=1S/C20H31N/c1-4-7-21-14-20(12-17-5-6-19(20)11-17)13-18-9-15(2)8-16(3)10-18/h8-10,17,19,21H,4-7,11-14H2,1-3H3. The molecule has 1 nitrogen and oxygen atoms in total. The van der Waals surface area contributed by atoms with Gasteiger partial charge in [-0.05, 0) is 75.3 Å². The maximum absolute atomic E-state index is 3.75. The minimum Gasteiger partial charge on any atom is -0.316 e. The van der Waals surface area contributed by atoms with E-state index < -0.39 is 0 Å². The molecule has 3 rings (SSSR count). The molecule has 2 bridgehead atoms. The number of fused-ring (bicyclic) bond motifs is 2. The van der Waals surface area contributed by atoms with Crippen molar-refractivity contribution >= 4 is 0 Å². The average molecular weight is 285 g/mol. The van der Waals surface area contributed by atoms with Crippen LogP contribution in [0.2, 0.25) is 0 Å². The van der Waals surface area contributed by atoms with Crippen LogP contribution in [0, 0.1) is 31.1 Å². The highest BCUT2D eigenvalue weighted by molar-refractivity contribution is 5.30. The zero-order valence-corrected chi connectivity index (χ0v) is 14.0. The summed E-state index contributed by atoms with van der Waals surface area (Å²) in [4.78, 5) is 0. The van der Waals surface area contributed by atoms with Crippen molar-refractivity contribution in [2.24, 2.45) is 17.3 Å². The molecule has 21 heavy (non-hydrogen) atoms. The molecule has 0 aliphatic heterocycles. The second-order valence-corrected chi connectivity index (χ2v) is 7.79. The highest BCUT2D eigenvalue weighted by Gasteiger charge is 2.50. The summed E-state index contributed by atoms with van der Waals surface area (Å²) in [5, 5.41) is 3.75. The third-order valence-electron chi connectivity index (χ3n) is 5.84. The van der Waals surface area contributed by atoms with Crippen LogP contribution in [0.1, 0.15) is 55.7 Å². The minimum absolute atomic E-state index is 0.540. The zero-order valence-electron chi connectivity index (χ0n) is 14.0. The van der Waals surface area contributed by atoms with Crippen molar-refractivity contribution in [3.8, 4) is 0 Å². The quantitative estimate of drug-likeness (QED) is 0.750. The Bertz CT molecular complexity index is 472. The van der Waals surface area contributed by atoms with Crippen LogP contribution in [0.25, 0.3) is 0 Å². The van der Waals surface area contributed by atoms with Crippen LogP contribution in [-0.4, -0.2) is 13.1 Å². The van der Waals surface area contributed by atoms with Crippen molar-refractivity contribution in [1.29, 1.82) is 0 Å². The summed E-state index contributed by atoms with van der Waals surface area (Å²) >= 11 is 0. The minimum atomic E-state index is 0.540. The first-order chi connectivity index (χ1) is 10.1. The van der Waals surface area contributed by atoms with E-state index in [-0.39, 0.29) is 0 Å². The van der Waals surface area contributed by atoms with Crippen LogP contribution in [0.3, 0.4) is 0 Å². The van der Waals surface area contributed by atoms with Crippen LogP contribution in [0.15, 0.2) is 18.2 Å². The van der Waals surface area contributed by atoms with E-state index in [1.165, 1.54) is 62.7 Å². The highest BCUT2D eigenvalue weighted by Crippen LogP contribution is 2.57. The first kappa shape index (κ1) is 15.1. The van der Waals surface area contributed by atoms with E-state index in [1.54, 1.807) is 5.56 Å². The number of hydrogen-bond acceptors (Lipinski definition) is 1. The first-order valence-electron chi connectivity index (χ1n) is 8.89. The summed E-state index contributed by atoms with van der Waals surface area (Å²) in [5.74, 6) is 1.98. The molecule has 2 saturated carbocycles. The van der Waals surface area contributed by atoms with E-state index in [0.717, 1.165) is 11.8 Å². The van der Waals surface area contributed by atoms with Gasteiger partial charge in [-0.25, -0.2) is 0 Å². The fraction of sp³-hybridized carbons (Fsp3) is 0.700. The van der Waals surface area contributed by atoms with Gasteiger partial charge in [0.05, 0.1) is 0 Å². The maximum Gasteiger partial charge on any atom is 0.00138 e. The molecule has 0 amide bonds. The predicted molar refractivity (Wildman–Crippen MR) is 90.7 cm³/mol. The Kier molecular flexibility index (Phi) is 4.40. The van der Waals surface area contributed by atoms with E-state index in [2.05, 4.69) is 44.3 Å². The second kappa shape index (κ2) is 6.12. The fourth-order valence-electron chi connectivity index (χ4n) is 5.15. The number of aryl methyl sites for hydroxylation is 2. The van der Waals surface area contributed by atoms with E-state index >= 15 is 0 Å². The Morgan fingerprint density at radius 2 is 1.90 bits per heavy atom. The molecule has 0 heterocycles. The molecule has 0 aromatic heterocycles. The molecular formula is C20H31N. The molecule has 1 aromatic rings. The Balaban J connectivity index is 1.79. The van der Waals surface area contributed by atoms with Crippen LogP contribution in [-0.2, 0) is 6.42 Å². The SMILES string of the molecule is CCCNCC1(Cc2cc(C)cc(C)c2)CC2CCC1C2.